The third-order valence-corrected chi connectivity index (χ3v) is 8.41. The molecule has 4 heterocycles. The lowest BCUT2D eigenvalue weighted by Crippen LogP contribution is -2.51. The molecule has 2 saturated heterocycles. The fourth-order valence-corrected chi connectivity index (χ4v) is 6.44. The molecule has 0 radical (unpaired) electrons. The Bertz CT molecular complexity index is 1630. The lowest BCUT2D eigenvalue weighted by Gasteiger charge is -2.34. The molecular formula is C30H28FN5O2. The Morgan fingerprint density at radius 3 is 2.55 bits per heavy atom. The van der Waals surface area contributed by atoms with E-state index in [-0.39, 0.29) is 17.2 Å². The van der Waals surface area contributed by atoms with Crippen LogP contribution in [-0.4, -0.2) is 52.3 Å². The number of aromatic hydroxyl groups is 1. The maximum absolute atomic E-state index is 14.9. The maximum Gasteiger partial charge on any atom is 0.318 e. The van der Waals surface area contributed by atoms with Crippen molar-refractivity contribution >= 4 is 27.6 Å². The molecule has 2 aliphatic heterocycles. The van der Waals surface area contributed by atoms with E-state index < -0.39 is 5.82 Å². The van der Waals surface area contributed by atoms with Crippen LogP contribution in [0.5, 0.6) is 11.8 Å². The zero-order valence-electron chi connectivity index (χ0n) is 21.2. The number of rotatable bonds is 4. The molecule has 4 aromatic rings. The number of nitrogens with zero attached hydrogens (tertiary/aromatic N) is 4. The average Bonchev–Trinajstić information content (AvgIpc) is 3.24. The Balaban J connectivity index is 1.52. The molecule has 38 heavy (non-hydrogen) atoms. The molecule has 2 N–H and O–H groups in total. The summed E-state index contributed by atoms with van der Waals surface area (Å²) < 4.78 is 20.5. The van der Waals surface area contributed by atoms with Gasteiger partial charge in [-0.2, -0.15) is 9.97 Å². The van der Waals surface area contributed by atoms with Gasteiger partial charge in [-0.15, -0.1) is 6.42 Å². The summed E-state index contributed by atoms with van der Waals surface area (Å²) >= 11 is 0. The average molecular weight is 510 g/mol. The third kappa shape index (κ3) is 3.57. The minimum atomic E-state index is -0.467. The Kier molecular flexibility index (Phi) is 5.38. The molecule has 3 aliphatic rings. The first-order valence-corrected chi connectivity index (χ1v) is 13.2. The van der Waals surface area contributed by atoms with E-state index in [4.69, 9.17) is 26.1 Å². The second-order valence-electron chi connectivity index (χ2n) is 10.6. The van der Waals surface area contributed by atoms with Gasteiger partial charge in [0.1, 0.15) is 22.6 Å². The van der Waals surface area contributed by atoms with Gasteiger partial charge in [0.25, 0.3) is 0 Å². The van der Waals surface area contributed by atoms with Crippen molar-refractivity contribution in [3.63, 3.8) is 0 Å². The van der Waals surface area contributed by atoms with Crippen LogP contribution >= 0.6 is 0 Å². The number of fused-ring (bicyclic) bond motifs is 4. The smallest absolute Gasteiger partial charge is 0.318 e. The van der Waals surface area contributed by atoms with Crippen LogP contribution in [0.4, 0.5) is 10.2 Å². The minimum absolute atomic E-state index is 0.0824. The molecule has 3 fully saturated rings. The zero-order valence-corrected chi connectivity index (χ0v) is 21.2. The molecule has 0 spiro atoms. The summed E-state index contributed by atoms with van der Waals surface area (Å²) in [6.45, 7) is 1.71. The van der Waals surface area contributed by atoms with E-state index in [2.05, 4.69) is 16.1 Å². The van der Waals surface area contributed by atoms with E-state index in [0.717, 1.165) is 73.2 Å². The fourth-order valence-electron chi connectivity index (χ4n) is 6.44. The second-order valence-corrected chi connectivity index (χ2v) is 10.6. The van der Waals surface area contributed by atoms with Gasteiger partial charge in [-0.3, -0.25) is 4.98 Å². The van der Waals surface area contributed by atoms with Gasteiger partial charge < -0.3 is 20.1 Å². The molecule has 1 aliphatic carbocycles. The number of ether oxygens (including phenoxy) is 1. The highest BCUT2D eigenvalue weighted by Gasteiger charge is 2.35. The Hall–Kier alpha value is -3.96. The molecule has 7 nitrogen and oxygen atoms in total. The predicted octanol–water partition coefficient (Wildman–Crippen LogP) is 4.89. The first kappa shape index (κ1) is 23.2. The first-order valence-electron chi connectivity index (χ1n) is 13.2. The van der Waals surface area contributed by atoms with Crippen molar-refractivity contribution in [2.24, 2.45) is 0 Å². The summed E-state index contributed by atoms with van der Waals surface area (Å²) in [5.41, 5.74) is 4.15. The van der Waals surface area contributed by atoms with E-state index in [1.165, 1.54) is 6.07 Å². The number of piperazine rings is 1. The van der Waals surface area contributed by atoms with Gasteiger partial charge in [-0.1, -0.05) is 18.4 Å². The van der Waals surface area contributed by atoms with Crippen LogP contribution in [0.2, 0.25) is 0 Å². The van der Waals surface area contributed by atoms with Crippen LogP contribution < -0.4 is 15.0 Å². The van der Waals surface area contributed by atoms with Gasteiger partial charge in [0.2, 0.25) is 0 Å². The summed E-state index contributed by atoms with van der Waals surface area (Å²) in [5.74, 6) is 3.18. The van der Waals surface area contributed by atoms with E-state index >= 15 is 0 Å². The fraction of sp³-hybridized carbons (Fsp3) is 0.367. The van der Waals surface area contributed by atoms with E-state index in [1.807, 2.05) is 6.20 Å². The van der Waals surface area contributed by atoms with E-state index in [0.29, 0.717) is 34.4 Å². The van der Waals surface area contributed by atoms with Crippen molar-refractivity contribution < 1.29 is 14.2 Å². The summed E-state index contributed by atoms with van der Waals surface area (Å²) in [5, 5.41) is 15.6. The van der Waals surface area contributed by atoms with Crippen molar-refractivity contribution in [2.75, 3.05) is 25.1 Å². The van der Waals surface area contributed by atoms with E-state index in [9.17, 15) is 9.50 Å². The van der Waals surface area contributed by atoms with E-state index in [1.54, 1.807) is 25.3 Å². The van der Waals surface area contributed by atoms with Crippen molar-refractivity contribution in [3.05, 3.63) is 47.4 Å². The number of methoxy groups -OCH3 is 1. The van der Waals surface area contributed by atoms with Crippen LogP contribution in [0, 0.1) is 18.2 Å². The molecule has 0 amide bonds. The van der Waals surface area contributed by atoms with Gasteiger partial charge >= 0.3 is 6.01 Å². The number of anilines is 1. The number of phenols is 1. The molecule has 2 unspecified atom stereocenters. The SMILES string of the molecule is C#Cc1c(F)ccc2cc(O)cc(-c3cnc4c(N5CC6CCC(C5)N6)nc(OC)nc4c3C3CCC3)c12. The molecule has 2 aromatic carbocycles. The Labute approximate surface area is 220 Å². The molecule has 2 aromatic heterocycles. The maximum atomic E-state index is 14.9. The number of pyridine rings is 1. The lowest BCUT2D eigenvalue weighted by molar-refractivity contribution is 0.379. The summed E-state index contributed by atoms with van der Waals surface area (Å²) in [6.07, 6.45) is 13.1. The molecule has 8 heteroatoms. The highest BCUT2D eigenvalue weighted by molar-refractivity contribution is 6.04. The van der Waals surface area contributed by atoms with Crippen molar-refractivity contribution in [2.45, 2.75) is 50.1 Å². The topological polar surface area (TPSA) is 83.4 Å². The number of halogens is 1. The standard InChI is InChI=1S/C30H28FN5O2/c1-3-21-24(31)10-7-17-11-20(37)12-22(25(17)21)23-13-32-28-27(26(23)16-5-4-6-16)34-30(38-2)35-29(28)36-14-18-8-9-19(15-36)33-18/h1,7,10-13,16,18-19,33,37H,4-6,8-9,14-15H2,2H3. The van der Waals surface area contributed by atoms with Gasteiger partial charge in [-0.25, -0.2) is 4.39 Å². The van der Waals surface area contributed by atoms with Crippen LogP contribution in [0.25, 0.3) is 32.9 Å². The van der Waals surface area contributed by atoms with Crippen LogP contribution in [-0.2, 0) is 0 Å². The number of terminal acetylenes is 1. The molecule has 2 atom stereocenters. The largest absolute Gasteiger partial charge is 0.508 e. The number of nitrogens with one attached hydrogen (secondary N) is 1. The number of phenolic OH excluding ortho intramolecular Hbond substituents is 1. The van der Waals surface area contributed by atoms with Crippen molar-refractivity contribution in [1.82, 2.24) is 20.3 Å². The minimum Gasteiger partial charge on any atom is -0.508 e. The van der Waals surface area contributed by atoms with Crippen LogP contribution in [0.15, 0.2) is 30.5 Å². The predicted molar refractivity (Wildman–Crippen MR) is 145 cm³/mol. The summed E-state index contributed by atoms with van der Waals surface area (Å²) in [6, 6.07) is 7.43. The highest BCUT2D eigenvalue weighted by atomic mass is 19.1. The third-order valence-electron chi connectivity index (χ3n) is 8.41. The first-order chi connectivity index (χ1) is 18.5. The molecule has 7 rings (SSSR count). The number of hydrogen-bond donors (Lipinski definition) is 2. The Morgan fingerprint density at radius 2 is 1.87 bits per heavy atom. The zero-order chi connectivity index (χ0) is 26.0. The highest BCUT2D eigenvalue weighted by Crippen LogP contribution is 2.47. The normalized spacial score (nSPS) is 21.0. The van der Waals surface area contributed by atoms with Crippen molar-refractivity contribution in [3.8, 4) is 35.2 Å². The molecule has 2 bridgehead atoms. The summed E-state index contributed by atoms with van der Waals surface area (Å²) in [7, 11) is 1.58. The van der Waals surface area contributed by atoms with Gasteiger partial charge in [-0.05, 0) is 66.3 Å². The number of hydrogen-bond acceptors (Lipinski definition) is 7. The Morgan fingerprint density at radius 1 is 1.08 bits per heavy atom. The lowest BCUT2D eigenvalue weighted by atomic mass is 9.76. The second kappa shape index (κ2) is 8.81. The number of benzene rings is 2. The van der Waals surface area contributed by atoms with Crippen molar-refractivity contribution in [1.29, 1.82) is 0 Å². The molecule has 192 valence electrons. The monoisotopic (exact) mass is 509 g/mol. The van der Waals surface area contributed by atoms with Crippen LogP contribution in [0.1, 0.15) is 49.1 Å². The van der Waals surface area contributed by atoms with Crippen LogP contribution in [0.3, 0.4) is 0 Å². The van der Waals surface area contributed by atoms with Gasteiger partial charge in [0, 0.05) is 42.3 Å². The summed E-state index contributed by atoms with van der Waals surface area (Å²) in [4.78, 5) is 16.8. The quantitative estimate of drug-likeness (QED) is 0.379. The molecular weight excluding hydrogens is 481 g/mol. The molecule has 1 saturated carbocycles. The van der Waals surface area contributed by atoms with Gasteiger partial charge in [0.15, 0.2) is 5.82 Å². The van der Waals surface area contributed by atoms with Gasteiger partial charge in [0.05, 0.1) is 12.7 Å². The number of aromatic nitrogens is 3.